The van der Waals surface area contributed by atoms with Gasteiger partial charge < -0.3 is 19.8 Å². The van der Waals surface area contributed by atoms with Crippen LogP contribution in [-0.4, -0.2) is 64.5 Å². The molecule has 0 unspecified atom stereocenters. The van der Waals surface area contributed by atoms with E-state index in [1.165, 1.54) is 0 Å². The molecule has 4 amide bonds. The first-order valence-electron chi connectivity index (χ1n) is 10.2. The lowest BCUT2D eigenvalue weighted by Gasteiger charge is -2.35. The maximum atomic E-state index is 12.9. The van der Waals surface area contributed by atoms with Crippen LogP contribution in [0.4, 0.5) is 4.79 Å². The molecule has 10 heteroatoms. The number of nitrogens with one attached hydrogen (secondary N) is 1. The van der Waals surface area contributed by atoms with Crippen LogP contribution in [0.2, 0.25) is 0 Å². The van der Waals surface area contributed by atoms with E-state index in [1.54, 1.807) is 25.7 Å². The van der Waals surface area contributed by atoms with Gasteiger partial charge in [0.15, 0.2) is 0 Å². The lowest BCUT2D eigenvalue weighted by molar-refractivity contribution is -0.201. The molecule has 0 aromatic carbocycles. The molecule has 2 saturated heterocycles. The van der Waals surface area contributed by atoms with Gasteiger partial charge in [-0.1, -0.05) is 13.8 Å². The molecule has 0 aromatic rings. The Kier molecular flexibility index (Phi) is 7.44. The number of hydrogen-bond donors (Lipinski definition) is 1. The van der Waals surface area contributed by atoms with Crippen LogP contribution in [-0.2, 0) is 28.8 Å². The number of rotatable bonds is 5. The summed E-state index contributed by atoms with van der Waals surface area (Å²) in [4.78, 5) is 67.1. The molecule has 2 fully saturated rings. The van der Waals surface area contributed by atoms with Gasteiger partial charge in [0, 0.05) is 25.9 Å². The highest BCUT2D eigenvalue weighted by atomic mass is 16.7. The van der Waals surface area contributed by atoms with E-state index in [0.29, 0.717) is 31.0 Å². The highest BCUT2D eigenvalue weighted by Gasteiger charge is 2.38. The molecule has 0 radical (unpaired) electrons. The Balaban J connectivity index is 1.89. The molecule has 1 atom stereocenters. The minimum absolute atomic E-state index is 0.0420. The Bertz CT molecular complexity index is 690. The number of carbonyl (C=O) groups excluding carboxylic acids is 5. The van der Waals surface area contributed by atoms with E-state index in [-0.39, 0.29) is 24.7 Å². The summed E-state index contributed by atoms with van der Waals surface area (Å²) in [6, 6.07) is -0.747. The Morgan fingerprint density at radius 3 is 2.03 bits per heavy atom. The summed E-state index contributed by atoms with van der Waals surface area (Å²) in [5.41, 5.74) is -0.675. The van der Waals surface area contributed by atoms with Crippen LogP contribution in [0.25, 0.3) is 0 Å². The summed E-state index contributed by atoms with van der Waals surface area (Å²) >= 11 is 0. The molecule has 0 aromatic heterocycles. The van der Waals surface area contributed by atoms with Crippen molar-refractivity contribution in [1.29, 1.82) is 0 Å². The number of imide groups is 1. The normalized spacial score (nSPS) is 19.1. The molecule has 2 heterocycles. The van der Waals surface area contributed by atoms with Gasteiger partial charge in [-0.15, -0.1) is 5.06 Å². The number of ether oxygens (including phenoxy) is 1. The van der Waals surface area contributed by atoms with E-state index in [4.69, 9.17) is 9.57 Å². The molecular weight excluding hydrogens is 394 g/mol. The first-order valence-corrected chi connectivity index (χ1v) is 10.2. The third kappa shape index (κ3) is 6.17. The fourth-order valence-corrected chi connectivity index (χ4v) is 3.30. The zero-order valence-electron chi connectivity index (χ0n) is 18.2. The van der Waals surface area contributed by atoms with E-state index in [9.17, 15) is 24.0 Å². The summed E-state index contributed by atoms with van der Waals surface area (Å²) in [7, 11) is 0. The van der Waals surface area contributed by atoms with Gasteiger partial charge in [-0.2, -0.15) is 0 Å². The van der Waals surface area contributed by atoms with Gasteiger partial charge in [0.1, 0.15) is 11.6 Å². The molecule has 0 aliphatic carbocycles. The van der Waals surface area contributed by atoms with Crippen LogP contribution in [0.1, 0.15) is 60.3 Å². The molecule has 0 saturated carbocycles. The van der Waals surface area contributed by atoms with Crippen LogP contribution in [0.15, 0.2) is 0 Å². The predicted molar refractivity (Wildman–Crippen MR) is 104 cm³/mol. The van der Waals surface area contributed by atoms with Crippen LogP contribution in [0.3, 0.4) is 0 Å². The lowest BCUT2D eigenvalue weighted by Crippen LogP contribution is -2.54. The summed E-state index contributed by atoms with van der Waals surface area (Å²) < 4.78 is 5.24. The van der Waals surface area contributed by atoms with Gasteiger partial charge >= 0.3 is 12.1 Å². The number of piperidine rings is 1. The van der Waals surface area contributed by atoms with Crippen LogP contribution >= 0.6 is 0 Å². The van der Waals surface area contributed by atoms with Crippen molar-refractivity contribution in [2.75, 3.05) is 13.1 Å². The second kappa shape index (κ2) is 9.44. The third-order valence-electron chi connectivity index (χ3n) is 4.93. The highest BCUT2D eigenvalue weighted by Crippen LogP contribution is 2.22. The SMILES string of the molecule is CC(C)[C@@H](NC(=O)OC(C)(C)C)C(=O)N1CCC(C(=O)ON2C(=O)CCC2=O)CC1. The highest BCUT2D eigenvalue weighted by molar-refractivity contribution is 6.01. The average Bonchev–Trinajstić information content (AvgIpc) is 2.96. The molecule has 0 bridgehead atoms. The lowest BCUT2D eigenvalue weighted by atomic mass is 9.95. The number of amides is 4. The van der Waals surface area contributed by atoms with E-state index in [2.05, 4.69) is 5.32 Å². The van der Waals surface area contributed by atoms with Crippen LogP contribution in [0, 0.1) is 11.8 Å². The van der Waals surface area contributed by atoms with Crippen molar-refractivity contribution in [3.8, 4) is 0 Å². The first kappa shape index (κ1) is 23.6. The van der Waals surface area contributed by atoms with E-state index in [1.807, 2.05) is 13.8 Å². The van der Waals surface area contributed by atoms with Crippen molar-refractivity contribution in [2.45, 2.75) is 71.9 Å². The number of nitrogens with zero attached hydrogens (tertiary/aromatic N) is 2. The van der Waals surface area contributed by atoms with Crippen LogP contribution in [0.5, 0.6) is 0 Å². The number of hydroxylamine groups is 2. The number of hydrogen-bond acceptors (Lipinski definition) is 7. The van der Waals surface area contributed by atoms with E-state index < -0.39 is 41.4 Å². The fraction of sp³-hybridized carbons (Fsp3) is 0.750. The van der Waals surface area contributed by atoms with Gasteiger partial charge in [-0.3, -0.25) is 14.4 Å². The second-order valence-corrected chi connectivity index (χ2v) is 8.96. The zero-order valence-corrected chi connectivity index (χ0v) is 18.2. The van der Waals surface area contributed by atoms with E-state index in [0.717, 1.165) is 0 Å². The number of alkyl carbamates (subject to hydrolysis) is 1. The molecule has 30 heavy (non-hydrogen) atoms. The molecule has 10 nitrogen and oxygen atoms in total. The minimum atomic E-state index is -0.747. The summed E-state index contributed by atoms with van der Waals surface area (Å²) in [5.74, 6) is -2.58. The molecule has 2 aliphatic heterocycles. The Hall–Kier alpha value is -2.65. The molecule has 0 spiro atoms. The summed E-state index contributed by atoms with van der Waals surface area (Å²) in [5, 5.41) is 3.18. The van der Waals surface area contributed by atoms with Crippen LogP contribution < -0.4 is 5.32 Å². The Morgan fingerprint density at radius 2 is 1.57 bits per heavy atom. The summed E-state index contributed by atoms with van der Waals surface area (Å²) in [6.45, 7) is 9.49. The van der Waals surface area contributed by atoms with Crippen molar-refractivity contribution >= 4 is 29.8 Å². The summed E-state index contributed by atoms with van der Waals surface area (Å²) in [6.07, 6.45) is 0.115. The zero-order chi connectivity index (χ0) is 22.6. The van der Waals surface area contributed by atoms with Crippen molar-refractivity contribution in [1.82, 2.24) is 15.3 Å². The second-order valence-electron chi connectivity index (χ2n) is 8.96. The van der Waals surface area contributed by atoms with Crippen molar-refractivity contribution in [3.05, 3.63) is 0 Å². The predicted octanol–water partition coefficient (Wildman–Crippen LogP) is 1.38. The largest absolute Gasteiger partial charge is 0.444 e. The maximum Gasteiger partial charge on any atom is 0.408 e. The molecule has 1 N–H and O–H groups in total. The standard InChI is InChI=1S/C20H31N3O7/c1-12(2)16(21-19(28)29-20(3,4)5)17(26)22-10-8-13(9-11-22)18(27)30-23-14(24)6-7-15(23)25/h12-13,16H,6-11H2,1-5H3,(H,21,28)/t16-/m1/s1. The minimum Gasteiger partial charge on any atom is -0.444 e. The van der Waals surface area contributed by atoms with Crippen molar-refractivity contribution in [2.24, 2.45) is 11.8 Å². The van der Waals surface area contributed by atoms with Gasteiger partial charge in [-0.25, -0.2) is 9.59 Å². The van der Waals surface area contributed by atoms with E-state index >= 15 is 0 Å². The Labute approximate surface area is 176 Å². The van der Waals surface area contributed by atoms with Gasteiger partial charge in [-0.05, 0) is 39.5 Å². The topological polar surface area (TPSA) is 122 Å². The fourth-order valence-electron chi connectivity index (χ4n) is 3.30. The number of likely N-dealkylation sites (tertiary alicyclic amines) is 1. The molecule has 168 valence electrons. The molecular formula is C20H31N3O7. The monoisotopic (exact) mass is 425 g/mol. The smallest absolute Gasteiger partial charge is 0.408 e. The molecule has 2 aliphatic rings. The quantitative estimate of drug-likeness (QED) is 0.660. The van der Waals surface area contributed by atoms with Gasteiger partial charge in [0.05, 0.1) is 5.92 Å². The Morgan fingerprint density at radius 1 is 1.03 bits per heavy atom. The third-order valence-corrected chi connectivity index (χ3v) is 4.93. The van der Waals surface area contributed by atoms with Gasteiger partial charge in [0.2, 0.25) is 5.91 Å². The average molecular weight is 425 g/mol. The van der Waals surface area contributed by atoms with Gasteiger partial charge in [0.25, 0.3) is 11.8 Å². The maximum absolute atomic E-state index is 12.9. The first-order chi connectivity index (χ1) is 13.9. The van der Waals surface area contributed by atoms with Crippen molar-refractivity contribution in [3.63, 3.8) is 0 Å². The number of carbonyl (C=O) groups is 5. The van der Waals surface area contributed by atoms with Crippen molar-refractivity contribution < 1.29 is 33.5 Å². The molecule has 2 rings (SSSR count).